The van der Waals surface area contributed by atoms with Crippen molar-refractivity contribution in [1.82, 2.24) is 24.8 Å². The highest BCUT2D eigenvalue weighted by atomic mass is 16.5. The van der Waals surface area contributed by atoms with Crippen molar-refractivity contribution in [3.8, 4) is 6.01 Å². The normalized spacial score (nSPS) is 19.0. The minimum atomic E-state index is 0.265. The van der Waals surface area contributed by atoms with E-state index in [9.17, 15) is 0 Å². The van der Waals surface area contributed by atoms with Crippen molar-refractivity contribution >= 4 is 5.95 Å². The monoisotopic (exact) mass is 300 g/mol. The molecule has 0 aliphatic carbocycles. The second-order valence-electron chi connectivity index (χ2n) is 5.40. The molecule has 2 N–H and O–H groups in total. The van der Waals surface area contributed by atoms with E-state index in [4.69, 9.17) is 10.5 Å². The number of piperidine rings is 1. The topological polar surface area (TPSA) is 90.0 Å². The molecule has 2 aromatic heterocycles. The summed E-state index contributed by atoms with van der Waals surface area (Å²) in [7, 11) is 1.56. The van der Waals surface area contributed by atoms with Crippen LogP contribution in [0.25, 0.3) is 0 Å². The molecule has 0 radical (unpaired) electrons. The van der Waals surface area contributed by atoms with Crippen LogP contribution in [0.4, 0.5) is 5.95 Å². The second kappa shape index (κ2) is 6.65. The second-order valence-corrected chi connectivity index (χ2v) is 5.40. The van der Waals surface area contributed by atoms with Gasteiger partial charge in [0.25, 0.3) is 0 Å². The number of rotatable bonds is 4. The number of nitrogen functional groups attached to an aromatic ring is 1. The van der Waals surface area contributed by atoms with E-state index in [1.165, 1.54) is 12.8 Å². The van der Waals surface area contributed by atoms with E-state index in [1.54, 1.807) is 13.3 Å². The Balaban J connectivity index is 1.77. The van der Waals surface area contributed by atoms with Crippen LogP contribution in [0.5, 0.6) is 6.01 Å². The molecule has 3 rings (SSSR count). The standard InChI is InChI=1S/C15H20N6O/c1-22-15-18-8-11(9-19-15)10-21-7-3-2-4-13(21)12-5-6-17-14(16)20-12/h5-6,8-9,13H,2-4,7,10H2,1H3,(H2,16,17,20). The molecule has 1 saturated heterocycles. The molecule has 1 fully saturated rings. The first-order valence-corrected chi connectivity index (χ1v) is 7.43. The zero-order valence-corrected chi connectivity index (χ0v) is 12.6. The van der Waals surface area contributed by atoms with Crippen LogP contribution < -0.4 is 10.5 Å². The Morgan fingerprint density at radius 3 is 2.82 bits per heavy atom. The number of hydrogen-bond donors (Lipinski definition) is 1. The van der Waals surface area contributed by atoms with Gasteiger partial charge in [0.15, 0.2) is 0 Å². The van der Waals surface area contributed by atoms with Gasteiger partial charge in [-0.2, -0.15) is 0 Å². The molecule has 1 atom stereocenters. The first kappa shape index (κ1) is 14.6. The van der Waals surface area contributed by atoms with Gasteiger partial charge in [0, 0.05) is 30.7 Å². The van der Waals surface area contributed by atoms with Crippen LogP contribution in [0.1, 0.15) is 36.6 Å². The summed E-state index contributed by atoms with van der Waals surface area (Å²) in [6.07, 6.45) is 8.81. The van der Waals surface area contributed by atoms with Gasteiger partial charge in [-0.3, -0.25) is 4.90 Å². The Labute approximate surface area is 129 Å². The Morgan fingerprint density at radius 1 is 1.27 bits per heavy atom. The molecule has 2 aromatic rings. The fourth-order valence-electron chi connectivity index (χ4n) is 2.85. The van der Waals surface area contributed by atoms with Gasteiger partial charge >= 0.3 is 6.01 Å². The van der Waals surface area contributed by atoms with Crippen molar-refractivity contribution in [3.05, 3.63) is 35.9 Å². The Kier molecular flexibility index (Phi) is 4.43. The van der Waals surface area contributed by atoms with E-state index in [0.717, 1.165) is 30.8 Å². The minimum Gasteiger partial charge on any atom is -0.467 e. The number of aromatic nitrogens is 4. The van der Waals surface area contributed by atoms with E-state index in [0.29, 0.717) is 12.0 Å². The van der Waals surface area contributed by atoms with Gasteiger partial charge in [-0.25, -0.2) is 19.9 Å². The molecule has 1 unspecified atom stereocenters. The highest BCUT2D eigenvalue weighted by Gasteiger charge is 2.25. The maximum absolute atomic E-state index is 5.72. The Morgan fingerprint density at radius 2 is 2.09 bits per heavy atom. The molecule has 116 valence electrons. The number of ether oxygens (including phenoxy) is 1. The summed E-state index contributed by atoms with van der Waals surface area (Å²) >= 11 is 0. The minimum absolute atomic E-state index is 0.265. The fraction of sp³-hybridized carbons (Fsp3) is 0.467. The SMILES string of the molecule is COc1ncc(CN2CCCCC2c2ccnc(N)n2)cn1. The summed E-state index contributed by atoms with van der Waals surface area (Å²) in [5.41, 5.74) is 7.77. The van der Waals surface area contributed by atoms with Crippen molar-refractivity contribution in [2.45, 2.75) is 31.8 Å². The van der Waals surface area contributed by atoms with Crippen molar-refractivity contribution in [2.75, 3.05) is 19.4 Å². The van der Waals surface area contributed by atoms with Crippen LogP contribution in [0.15, 0.2) is 24.7 Å². The maximum atomic E-state index is 5.72. The largest absolute Gasteiger partial charge is 0.467 e. The first-order valence-electron chi connectivity index (χ1n) is 7.43. The summed E-state index contributed by atoms with van der Waals surface area (Å²) < 4.78 is 5.00. The number of anilines is 1. The molecule has 0 amide bonds. The van der Waals surface area contributed by atoms with E-state index in [1.807, 2.05) is 18.5 Å². The van der Waals surface area contributed by atoms with Crippen LogP contribution in [-0.2, 0) is 6.54 Å². The summed E-state index contributed by atoms with van der Waals surface area (Å²) in [6.45, 7) is 1.82. The maximum Gasteiger partial charge on any atom is 0.316 e. The number of nitrogens with two attached hydrogens (primary N) is 1. The van der Waals surface area contributed by atoms with Gasteiger partial charge in [-0.05, 0) is 25.5 Å². The first-order chi connectivity index (χ1) is 10.8. The summed E-state index contributed by atoms with van der Waals surface area (Å²) in [6, 6.07) is 2.60. The molecule has 0 aromatic carbocycles. The van der Waals surface area contributed by atoms with E-state index in [-0.39, 0.29) is 6.04 Å². The van der Waals surface area contributed by atoms with Crippen molar-refractivity contribution in [1.29, 1.82) is 0 Å². The number of hydrogen-bond acceptors (Lipinski definition) is 7. The third-order valence-electron chi connectivity index (χ3n) is 3.90. The van der Waals surface area contributed by atoms with E-state index in [2.05, 4.69) is 24.8 Å². The lowest BCUT2D eigenvalue weighted by atomic mass is 9.98. The molecule has 1 aliphatic rings. The fourth-order valence-corrected chi connectivity index (χ4v) is 2.85. The van der Waals surface area contributed by atoms with Gasteiger partial charge in [0.2, 0.25) is 5.95 Å². The smallest absolute Gasteiger partial charge is 0.316 e. The predicted octanol–water partition coefficient (Wildman–Crippen LogP) is 1.58. The van der Waals surface area contributed by atoms with Crippen molar-refractivity contribution in [3.63, 3.8) is 0 Å². The third-order valence-corrected chi connectivity index (χ3v) is 3.90. The molecular formula is C15H20N6O. The third kappa shape index (κ3) is 3.30. The predicted molar refractivity (Wildman–Crippen MR) is 82.0 cm³/mol. The molecular weight excluding hydrogens is 280 g/mol. The highest BCUT2D eigenvalue weighted by molar-refractivity contribution is 5.20. The quantitative estimate of drug-likeness (QED) is 0.916. The lowest BCUT2D eigenvalue weighted by Crippen LogP contribution is -2.33. The summed E-state index contributed by atoms with van der Waals surface area (Å²) in [5, 5.41) is 0. The number of methoxy groups -OCH3 is 1. The molecule has 7 heteroatoms. The molecule has 0 bridgehead atoms. The molecule has 0 saturated carbocycles. The van der Waals surface area contributed by atoms with Crippen molar-refractivity contribution < 1.29 is 4.74 Å². The molecule has 3 heterocycles. The van der Waals surface area contributed by atoms with Gasteiger partial charge in [-0.15, -0.1) is 0 Å². The van der Waals surface area contributed by atoms with Crippen LogP contribution in [0.3, 0.4) is 0 Å². The van der Waals surface area contributed by atoms with Gasteiger partial charge < -0.3 is 10.5 Å². The van der Waals surface area contributed by atoms with E-state index >= 15 is 0 Å². The molecule has 1 aliphatic heterocycles. The highest BCUT2D eigenvalue weighted by Crippen LogP contribution is 2.31. The Hall–Kier alpha value is -2.28. The van der Waals surface area contributed by atoms with Crippen LogP contribution in [-0.4, -0.2) is 38.5 Å². The number of likely N-dealkylation sites (tertiary alicyclic amines) is 1. The zero-order chi connectivity index (χ0) is 15.4. The zero-order valence-electron chi connectivity index (χ0n) is 12.6. The van der Waals surface area contributed by atoms with Crippen LogP contribution in [0.2, 0.25) is 0 Å². The lowest BCUT2D eigenvalue weighted by molar-refractivity contribution is 0.137. The van der Waals surface area contributed by atoms with Crippen molar-refractivity contribution in [2.24, 2.45) is 0 Å². The van der Waals surface area contributed by atoms with Gasteiger partial charge in [0.05, 0.1) is 18.8 Å². The van der Waals surface area contributed by atoms with Crippen LogP contribution in [0, 0.1) is 0 Å². The Bertz CT molecular complexity index is 618. The average Bonchev–Trinajstić information content (AvgIpc) is 2.56. The number of nitrogens with zero attached hydrogens (tertiary/aromatic N) is 5. The molecule has 7 nitrogen and oxygen atoms in total. The van der Waals surface area contributed by atoms with Crippen LogP contribution >= 0.6 is 0 Å². The molecule has 22 heavy (non-hydrogen) atoms. The van der Waals surface area contributed by atoms with E-state index < -0.39 is 0 Å². The molecule has 0 spiro atoms. The summed E-state index contributed by atoms with van der Waals surface area (Å²) in [5.74, 6) is 0.329. The average molecular weight is 300 g/mol. The van der Waals surface area contributed by atoms with Gasteiger partial charge in [0.1, 0.15) is 0 Å². The summed E-state index contributed by atoms with van der Waals surface area (Å²) in [4.78, 5) is 19.1. The van der Waals surface area contributed by atoms with Gasteiger partial charge in [-0.1, -0.05) is 6.42 Å². The lowest BCUT2D eigenvalue weighted by Gasteiger charge is -2.35.